The SMILES string of the molecule is C=CCN1C(=O)C2(C)CCCCC2(C)C1=O. The van der Waals surface area contributed by atoms with Gasteiger partial charge in [-0.2, -0.15) is 0 Å². The highest BCUT2D eigenvalue weighted by molar-refractivity contribution is 6.09. The maximum atomic E-state index is 12.3. The van der Waals surface area contributed by atoms with Gasteiger partial charge in [0.25, 0.3) is 0 Å². The van der Waals surface area contributed by atoms with Crippen LogP contribution in [0.25, 0.3) is 0 Å². The summed E-state index contributed by atoms with van der Waals surface area (Å²) in [6.45, 7) is 7.87. The van der Waals surface area contributed by atoms with Crippen LogP contribution in [0.5, 0.6) is 0 Å². The largest absolute Gasteiger partial charge is 0.278 e. The van der Waals surface area contributed by atoms with Crippen molar-refractivity contribution in [1.82, 2.24) is 4.90 Å². The lowest BCUT2D eigenvalue weighted by Gasteiger charge is -2.40. The highest BCUT2D eigenvalue weighted by atomic mass is 16.2. The lowest BCUT2D eigenvalue weighted by molar-refractivity contribution is -0.140. The summed E-state index contributed by atoms with van der Waals surface area (Å²) in [5, 5.41) is 0. The second-order valence-corrected chi connectivity index (χ2v) is 5.38. The van der Waals surface area contributed by atoms with E-state index in [1.54, 1.807) is 6.08 Å². The van der Waals surface area contributed by atoms with E-state index >= 15 is 0 Å². The first kappa shape index (κ1) is 11.4. The van der Waals surface area contributed by atoms with E-state index in [2.05, 4.69) is 6.58 Å². The van der Waals surface area contributed by atoms with Crippen molar-refractivity contribution in [2.75, 3.05) is 6.54 Å². The molecule has 1 heterocycles. The fraction of sp³-hybridized carbons (Fsp3) is 0.692. The molecule has 2 fully saturated rings. The first-order valence-electron chi connectivity index (χ1n) is 5.95. The molecule has 2 amide bonds. The molecule has 0 aromatic carbocycles. The molecule has 1 saturated heterocycles. The minimum Gasteiger partial charge on any atom is -0.278 e. The van der Waals surface area contributed by atoms with Gasteiger partial charge in [0.1, 0.15) is 0 Å². The Kier molecular flexibility index (Phi) is 2.44. The van der Waals surface area contributed by atoms with E-state index in [1.807, 2.05) is 13.8 Å². The molecule has 2 aliphatic rings. The molecular weight excluding hydrogens is 202 g/mol. The molecule has 2 rings (SSSR count). The summed E-state index contributed by atoms with van der Waals surface area (Å²) in [6, 6.07) is 0. The first-order chi connectivity index (χ1) is 7.47. The van der Waals surface area contributed by atoms with Crippen molar-refractivity contribution in [3.63, 3.8) is 0 Å². The molecule has 0 bridgehead atoms. The summed E-state index contributed by atoms with van der Waals surface area (Å²) in [6.07, 6.45) is 5.39. The van der Waals surface area contributed by atoms with Crippen molar-refractivity contribution >= 4 is 11.8 Å². The van der Waals surface area contributed by atoms with Gasteiger partial charge in [0.05, 0.1) is 10.8 Å². The highest BCUT2D eigenvalue weighted by Gasteiger charge is 2.64. The standard InChI is InChI=1S/C13H19NO2/c1-4-9-14-10(15)12(2)7-5-6-8-13(12,3)11(14)16/h4H,1,5-9H2,2-3H3. The summed E-state index contributed by atoms with van der Waals surface area (Å²) < 4.78 is 0. The molecular formula is C13H19NO2. The van der Waals surface area contributed by atoms with Gasteiger partial charge in [0, 0.05) is 6.54 Å². The molecule has 2 unspecified atom stereocenters. The molecule has 1 aliphatic heterocycles. The fourth-order valence-corrected chi connectivity index (χ4v) is 3.18. The van der Waals surface area contributed by atoms with Crippen molar-refractivity contribution in [2.45, 2.75) is 39.5 Å². The molecule has 2 atom stereocenters. The van der Waals surface area contributed by atoms with Crippen LogP contribution in [0.1, 0.15) is 39.5 Å². The van der Waals surface area contributed by atoms with Crippen LogP contribution in [-0.4, -0.2) is 23.3 Å². The third-order valence-corrected chi connectivity index (χ3v) is 4.57. The van der Waals surface area contributed by atoms with Crippen LogP contribution in [0.4, 0.5) is 0 Å². The molecule has 88 valence electrons. The summed E-state index contributed by atoms with van der Waals surface area (Å²) in [5.74, 6) is -0.000741. The summed E-state index contributed by atoms with van der Waals surface area (Å²) in [4.78, 5) is 26.0. The van der Waals surface area contributed by atoms with Crippen LogP contribution >= 0.6 is 0 Å². The second kappa shape index (κ2) is 3.44. The van der Waals surface area contributed by atoms with Crippen LogP contribution in [0.15, 0.2) is 12.7 Å². The Labute approximate surface area is 96.5 Å². The molecule has 1 saturated carbocycles. The quantitative estimate of drug-likeness (QED) is 0.529. The Balaban J connectivity index is 2.44. The molecule has 0 radical (unpaired) electrons. The number of carbonyl (C=O) groups excluding carboxylic acids is 2. The Morgan fingerprint density at radius 3 is 2.00 bits per heavy atom. The summed E-state index contributed by atoms with van der Waals surface area (Å²) in [7, 11) is 0. The lowest BCUT2D eigenvalue weighted by Crippen LogP contribution is -2.42. The van der Waals surface area contributed by atoms with E-state index < -0.39 is 10.8 Å². The minimum atomic E-state index is -0.481. The van der Waals surface area contributed by atoms with Gasteiger partial charge in [0.2, 0.25) is 11.8 Å². The normalized spacial score (nSPS) is 38.8. The zero-order chi connectivity index (χ0) is 12.0. The fourth-order valence-electron chi connectivity index (χ4n) is 3.18. The predicted molar refractivity (Wildman–Crippen MR) is 61.6 cm³/mol. The van der Waals surface area contributed by atoms with Gasteiger partial charge in [-0.3, -0.25) is 14.5 Å². The Bertz CT molecular complexity index is 333. The monoisotopic (exact) mass is 221 g/mol. The number of nitrogens with zero attached hydrogens (tertiary/aromatic N) is 1. The summed E-state index contributed by atoms with van der Waals surface area (Å²) in [5.41, 5.74) is -0.962. The van der Waals surface area contributed by atoms with Crippen LogP contribution in [0.2, 0.25) is 0 Å². The minimum absolute atomic E-state index is 0.000370. The van der Waals surface area contributed by atoms with Gasteiger partial charge in [-0.15, -0.1) is 6.58 Å². The molecule has 0 spiro atoms. The molecule has 0 aromatic heterocycles. The maximum absolute atomic E-state index is 12.3. The maximum Gasteiger partial charge on any atom is 0.236 e. The smallest absolute Gasteiger partial charge is 0.236 e. The van der Waals surface area contributed by atoms with Crippen LogP contribution < -0.4 is 0 Å². The van der Waals surface area contributed by atoms with E-state index in [0.29, 0.717) is 6.54 Å². The third kappa shape index (κ3) is 1.14. The van der Waals surface area contributed by atoms with Gasteiger partial charge in [-0.25, -0.2) is 0 Å². The number of carbonyl (C=O) groups is 2. The zero-order valence-corrected chi connectivity index (χ0v) is 10.1. The summed E-state index contributed by atoms with van der Waals surface area (Å²) >= 11 is 0. The average molecular weight is 221 g/mol. The number of hydrogen-bond donors (Lipinski definition) is 0. The average Bonchev–Trinajstić information content (AvgIpc) is 2.41. The molecule has 0 aromatic rings. The van der Waals surface area contributed by atoms with E-state index in [0.717, 1.165) is 25.7 Å². The van der Waals surface area contributed by atoms with E-state index in [1.165, 1.54) is 4.90 Å². The number of likely N-dealkylation sites (tertiary alicyclic amines) is 1. The molecule has 1 aliphatic carbocycles. The lowest BCUT2D eigenvalue weighted by atomic mass is 9.59. The van der Waals surface area contributed by atoms with Crippen molar-refractivity contribution in [1.29, 1.82) is 0 Å². The van der Waals surface area contributed by atoms with Crippen LogP contribution in [0.3, 0.4) is 0 Å². The molecule has 3 heteroatoms. The number of amides is 2. The number of hydrogen-bond acceptors (Lipinski definition) is 2. The molecule has 16 heavy (non-hydrogen) atoms. The van der Waals surface area contributed by atoms with Gasteiger partial charge in [0.15, 0.2) is 0 Å². The van der Waals surface area contributed by atoms with Crippen molar-refractivity contribution in [3.05, 3.63) is 12.7 Å². The van der Waals surface area contributed by atoms with Crippen molar-refractivity contribution in [2.24, 2.45) is 10.8 Å². The van der Waals surface area contributed by atoms with Gasteiger partial charge >= 0.3 is 0 Å². The Hall–Kier alpha value is -1.12. The first-order valence-corrected chi connectivity index (χ1v) is 5.95. The predicted octanol–water partition coefficient (Wildman–Crippen LogP) is 2.13. The number of rotatable bonds is 2. The van der Waals surface area contributed by atoms with Crippen LogP contribution in [0, 0.1) is 10.8 Å². The second-order valence-electron chi connectivity index (χ2n) is 5.38. The molecule has 3 nitrogen and oxygen atoms in total. The van der Waals surface area contributed by atoms with E-state index in [-0.39, 0.29) is 11.8 Å². The number of fused-ring (bicyclic) bond motifs is 1. The van der Waals surface area contributed by atoms with Crippen molar-refractivity contribution in [3.8, 4) is 0 Å². The zero-order valence-electron chi connectivity index (χ0n) is 10.1. The van der Waals surface area contributed by atoms with Crippen LogP contribution in [-0.2, 0) is 9.59 Å². The Morgan fingerprint density at radius 2 is 1.62 bits per heavy atom. The van der Waals surface area contributed by atoms with E-state index in [9.17, 15) is 9.59 Å². The topological polar surface area (TPSA) is 37.4 Å². The van der Waals surface area contributed by atoms with Crippen molar-refractivity contribution < 1.29 is 9.59 Å². The van der Waals surface area contributed by atoms with E-state index in [4.69, 9.17) is 0 Å². The third-order valence-electron chi connectivity index (χ3n) is 4.57. The van der Waals surface area contributed by atoms with Gasteiger partial charge in [-0.1, -0.05) is 18.9 Å². The highest BCUT2D eigenvalue weighted by Crippen LogP contribution is 2.56. The number of imide groups is 1. The van der Waals surface area contributed by atoms with Gasteiger partial charge in [-0.05, 0) is 26.7 Å². The van der Waals surface area contributed by atoms with Gasteiger partial charge < -0.3 is 0 Å². The molecule has 0 N–H and O–H groups in total. The Morgan fingerprint density at radius 1 is 1.19 bits per heavy atom.